The van der Waals surface area contributed by atoms with Gasteiger partial charge in [-0.25, -0.2) is 4.52 Å². The molecule has 0 aliphatic carbocycles. The van der Waals surface area contributed by atoms with E-state index >= 15 is 0 Å². The third kappa shape index (κ3) is 1.88. The van der Waals surface area contributed by atoms with E-state index in [0.717, 1.165) is 11.0 Å². The van der Waals surface area contributed by atoms with Crippen LogP contribution in [0.5, 0.6) is 0 Å². The molecule has 0 unspecified atom stereocenters. The molecule has 0 N–H and O–H groups in total. The normalized spacial score (nSPS) is 21.2. The Kier molecular flexibility index (Phi) is 2.56. The van der Waals surface area contributed by atoms with E-state index in [9.17, 15) is 0 Å². The molecule has 0 amide bonds. The van der Waals surface area contributed by atoms with Crippen LogP contribution in [0.15, 0.2) is 24.5 Å². The van der Waals surface area contributed by atoms with E-state index in [1.807, 2.05) is 16.9 Å². The summed E-state index contributed by atoms with van der Waals surface area (Å²) in [4.78, 5) is 0. The van der Waals surface area contributed by atoms with Crippen molar-refractivity contribution in [2.24, 2.45) is 0 Å². The summed E-state index contributed by atoms with van der Waals surface area (Å²) in [5.74, 6) is 0. The fourth-order valence-electron chi connectivity index (χ4n) is 2.26. The van der Waals surface area contributed by atoms with Crippen LogP contribution in [0.3, 0.4) is 0 Å². The first-order valence-electron chi connectivity index (χ1n) is 6.60. The summed E-state index contributed by atoms with van der Waals surface area (Å²) < 4.78 is 14.0. The number of hydrogen-bond donors (Lipinski definition) is 0. The van der Waals surface area contributed by atoms with Crippen LogP contribution in [0.2, 0.25) is 0 Å². The Hall–Kier alpha value is -1.33. The molecule has 3 rings (SSSR count). The van der Waals surface area contributed by atoms with Crippen LogP contribution < -0.4 is 5.46 Å². The zero-order valence-corrected chi connectivity index (χ0v) is 12.1. The average molecular weight is 258 g/mol. The largest absolute Gasteiger partial charge is 0.498 e. The molecule has 0 spiro atoms. The average Bonchev–Trinajstić information content (AvgIpc) is 2.77. The van der Waals surface area contributed by atoms with E-state index in [-0.39, 0.29) is 18.3 Å². The molecule has 19 heavy (non-hydrogen) atoms. The molecule has 2 aromatic heterocycles. The highest BCUT2D eigenvalue weighted by Gasteiger charge is 2.52. The minimum absolute atomic E-state index is 0.323. The topological polar surface area (TPSA) is 35.8 Å². The molecule has 0 aromatic carbocycles. The van der Waals surface area contributed by atoms with Crippen molar-refractivity contribution in [2.75, 3.05) is 0 Å². The van der Waals surface area contributed by atoms with Crippen LogP contribution in [0.4, 0.5) is 0 Å². The van der Waals surface area contributed by atoms with Crippen molar-refractivity contribution >= 4 is 18.1 Å². The lowest BCUT2D eigenvalue weighted by molar-refractivity contribution is 0.00578. The van der Waals surface area contributed by atoms with Gasteiger partial charge in [-0.2, -0.15) is 5.10 Å². The van der Waals surface area contributed by atoms with Gasteiger partial charge in [-0.05, 0) is 46.2 Å². The van der Waals surface area contributed by atoms with Gasteiger partial charge in [0.25, 0.3) is 0 Å². The second-order valence-corrected chi connectivity index (χ2v) is 6.22. The zero-order chi connectivity index (χ0) is 13.8. The van der Waals surface area contributed by atoms with Crippen LogP contribution in [0.1, 0.15) is 33.3 Å². The molecule has 100 valence electrons. The summed E-state index contributed by atoms with van der Waals surface area (Å²) in [5.41, 5.74) is 2.55. The van der Waals surface area contributed by atoms with Crippen molar-refractivity contribution in [3.63, 3.8) is 0 Å². The number of fused-ring (bicyclic) bond motifs is 1. The van der Waals surface area contributed by atoms with Gasteiger partial charge in [-0.3, -0.25) is 0 Å². The van der Waals surface area contributed by atoms with E-state index in [1.54, 1.807) is 0 Å². The van der Waals surface area contributed by atoms with Crippen LogP contribution in [-0.2, 0) is 9.31 Å². The molecule has 5 heteroatoms. The smallest absolute Gasteiger partial charge is 0.399 e. The lowest BCUT2D eigenvalue weighted by Gasteiger charge is -2.32. The van der Waals surface area contributed by atoms with Gasteiger partial charge in [-0.1, -0.05) is 6.07 Å². The summed E-state index contributed by atoms with van der Waals surface area (Å²) in [7, 11) is -0.356. The van der Waals surface area contributed by atoms with Crippen LogP contribution >= 0.6 is 0 Å². The molecular weight excluding hydrogens is 239 g/mol. The minimum Gasteiger partial charge on any atom is -0.399 e. The van der Waals surface area contributed by atoms with Crippen molar-refractivity contribution in [1.82, 2.24) is 9.61 Å². The Morgan fingerprint density at radius 3 is 2.37 bits per heavy atom. The van der Waals surface area contributed by atoms with E-state index in [1.165, 1.54) is 5.56 Å². The molecule has 0 atom stereocenters. The molecule has 1 fully saturated rings. The maximum Gasteiger partial charge on any atom is 0.498 e. The number of nitrogens with zero attached hydrogens (tertiary/aromatic N) is 2. The predicted octanol–water partition coefficient (Wildman–Crippen LogP) is 1.94. The van der Waals surface area contributed by atoms with Crippen LogP contribution in [-0.4, -0.2) is 27.9 Å². The monoisotopic (exact) mass is 258 g/mol. The number of pyridine rings is 1. The lowest BCUT2D eigenvalue weighted by atomic mass is 9.80. The minimum atomic E-state index is -0.356. The zero-order valence-electron chi connectivity index (χ0n) is 12.1. The number of hydrogen-bond acceptors (Lipinski definition) is 3. The lowest BCUT2D eigenvalue weighted by Crippen LogP contribution is -2.41. The molecule has 0 saturated carbocycles. The van der Waals surface area contributed by atoms with E-state index in [0.29, 0.717) is 0 Å². The van der Waals surface area contributed by atoms with Crippen LogP contribution in [0.25, 0.3) is 5.52 Å². The summed E-state index contributed by atoms with van der Waals surface area (Å²) >= 11 is 0. The van der Waals surface area contributed by atoms with E-state index in [2.05, 4.69) is 51.9 Å². The van der Waals surface area contributed by atoms with Crippen molar-refractivity contribution in [3.05, 3.63) is 30.1 Å². The van der Waals surface area contributed by atoms with Gasteiger partial charge in [0.2, 0.25) is 0 Å². The summed E-state index contributed by atoms with van der Waals surface area (Å²) in [6.07, 6.45) is 3.83. The SMILES string of the molecule is Cc1ccc2c(B3OC(C)(C)C(C)(C)O3)cnn2c1. The third-order valence-electron chi connectivity index (χ3n) is 4.20. The molecule has 1 aliphatic heterocycles. The fraction of sp³-hybridized carbons (Fsp3) is 0.500. The van der Waals surface area contributed by atoms with Gasteiger partial charge in [0.05, 0.1) is 16.7 Å². The molecule has 0 bridgehead atoms. The maximum absolute atomic E-state index is 6.07. The molecule has 4 nitrogen and oxygen atoms in total. The summed E-state index contributed by atoms with van der Waals surface area (Å²) in [5, 5.41) is 4.38. The number of aryl methyl sites for hydroxylation is 1. The van der Waals surface area contributed by atoms with Gasteiger partial charge in [0.15, 0.2) is 0 Å². The van der Waals surface area contributed by atoms with Crippen molar-refractivity contribution in [1.29, 1.82) is 0 Å². The van der Waals surface area contributed by atoms with Crippen molar-refractivity contribution < 1.29 is 9.31 Å². The Bertz CT molecular complexity index is 617. The fourth-order valence-corrected chi connectivity index (χ4v) is 2.26. The first kappa shape index (κ1) is 12.7. The van der Waals surface area contributed by atoms with Gasteiger partial charge >= 0.3 is 7.12 Å². The van der Waals surface area contributed by atoms with Gasteiger partial charge in [0, 0.05) is 17.9 Å². The Morgan fingerprint density at radius 1 is 1.11 bits per heavy atom. The molecule has 1 aliphatic rings. The number of rotatable bonds is 1. The standard InChI is InChI=1S/C14H19BN2O2/c1-10-6-7-12-11(8-16-17(12)9-10)15-18-13(2,3)14(4,5)19-15/h6-9H,1-5H3. The Balaban J connectivity index is 2.03. The van der Waals surface area contributed by atoms with Crippen molar-refractivity contribution in [3.8, 4) is 0 Å². The third-order valence-corrected chi connectivity index (χ3v) is 4.20. The highest BCUT2D eigenvalue weighted by atomic mass is 16.7. The van der Waals surface area contributed by atoms with Crippen molar-refractivity contribution in [2.45, 2.75) is 45.8 Å². The molecule has 2 aromatic rings. The van der Waals surface area contributed by atoms with Crippen LogP contribution in [0, 0.1) is 6.92 Å². The second-order valence-electron chi connectivity index (χ2n) is 6.22. The summed E-state index contributed by atoms with van der Waals surface area (Å²) in [6, 6.07) is 4.13. The number of aromatic nitrogens is 2. The van der Waals surface area contributed by atoms with E-state index < -0.39 is 0 Å². The molecular formula is C14H19BN2O2. The highest BCUT2D eigenvalue weighted by molar-refractivity contribution is 6.64. The highest BCUT2D eigenvalue weighted by Crippen LogP contribution is 2.36. The summed E-state index contributed by atoms with van der Waals surface area (Å²) in [6.45, 7) is 10.3. The predicted molar refractivity (Wildman–Crippen MR) is 75.6 cm³/mol. The maximum atomic E-state index is 6.07. The second kappa shape index (κ2) is 3.84. The van der Waals surface area contributed by atoms with Gasteiger partial charge in [0.1, 0.15) is 0 Å². The van der Waals surface area contributed by atoms with Gasteiger partial charge < -0.3 is 9.31 Å². The Morgan fingerprint density at radius 2 is 1.74 bits per heavy atom. The molecule has 3 heterocycles. The van der Waals surface area contributed by atoms with Gasteiger partial charge in [-0.15, -0.1) is 0 Å². The first-order valence-corrected chi connectivity index (χ1v) is 6.60. The van der Waals surface area contributed by atoms with E-state index in [4.69, 9.17) is 9.31 Å². The molecule has 1 saturated heterocycles. The Labute approximate surface area is 113 Å². The quantitative estimate of drug-likeness (QED) is 0.733. The molecule has 0 radical (unpaired) electrons. The first-order chi connectivity index (χ1) is 8.80.